The normalized spacial score (nSPS) is 12.9. The smallest absolute Gasteiger partial charge is 0.264 e. The zero-order valence-electron chi connectivity index (χ0n) is 22.8. The summed E-state index contributed by atoms with van der Waals surface area (Å²) < 4.78 is 28.7. The predicted octanol–water partition coefficient (Wildman–Crippen LogP) is 7.22. The minimum atomic E-state index is -4.28. The molecule has 3 aromatic carbocycles. The summed E-state index contributed by atoms with van der Waals surface area (Å²) in [7, 11) is -4.28. The second-order valence-electron chi connectivity index (χ2n) is 9.41. The van der Waals surface area contributed by atoms with Crippen molar-refractivity contribution in [3.63, 3.8) is 0 Å². The molecule has 0 saturated heterocycles. The molecular formula is C29H31Cl4N3O4S. The monoisotopic (exact) mass is 657 g/mol. The van der Waals surface area contributed by atoms with Gasteiger partial charge in [-0.15, -0.1) is 0 Å². The van der Waals surface area contributed by atoms with Crippen LogP contribution in [0.15, 0.2) is 71.6 Å². The van der Waals surface area contributed by atoms with Gasteiger partial charge in [0, 0.05) is 12.6 Å². The molecule has 2 amide bonds. The topological polar surface area (TPSA) is 86.8 Å². The molecule has 0 bridgehead atoms. The number of nitrogens with zero attached hydrogens (tertiary/aromatic N) is 2. The molecule has 2 atom stereocenters. The second-order valence-corrected chi connectivity index (χ2v) is 12.9. The maximum atomic E-state index is 14.1. The van der Waals surface area contributed by atoms with Gasteiger partial charge in [-0.25, -0.2) is 8.42 Å². The molecule has 0 aromatic heterocycles. The van der Waals surface area contributed by atoms with E-state index in [1.165, 1.54) is 29.2 Å². The fourth-order valence-corrected chi connectivity index (χ4v) is 6.33. The molecule has 220 valence electrons. The van der Waals surface area contributed by atoms with E-state index in [2.05, 4.69) is 5.32 Å². The molecule has 0 aliphatic rings. The summed E-state index contributed by atoms with van der Waals surface area (Å²) in [6.45, 7) is 4.91. The molecule has 0 aliphatic heterocycles. The highest BCUT2D eigenvalue weighted by Gasteiger charge is 2.35. The Morgan fingerprint density at radius 3 is 2.15 bits per heavy atom. The van der Waals surface area contributed by atoms with E-state index in [1.807, 2.05) is 13.8 Å². The molecule has 0 fully saturated rings. The van der Waals surface area contributed by atoms with Crippen LogP contribution < -0.4 is 9.62 Å². The van der Waals surface area contributed by atoms with Crippen molar-refractivity contribution in [2.45, 2.75) is 57.1 Å². The summed E-state index contributed by atoms with van der Waals surface area (Å²) in [4.78, 5) is 28.8. The summed E-state index contributed by atoms with van der Waals surface area (Å²) in [6.07, 6.45) is 0.970. The molecule has 0 unspecified atom stereocenters. The van der Waals surface area contributed by atoms with Crippen LogP contribution in [0.1, 0.15) is 39.2 Å². The third kappa shape index (κ3) is 8.08. The lowest BCUT2D eigenvalue weighted by Gasteiger charge is -2.34. The van der Waals surface area contributed by atoms with Gasteiger partial charge in [-0.1, -0.05) is 90.6 Å². The Balaban J connectivity index is 2.11. The molecule has 3 rings (SSSR count). The van der Waals surface area contributed by atoms with Crippen LogP contribution in [0.2, 0.25) is 20.1 Å². The van der Waals surface area contributed by atoms with Crippen molar-refractivity contribution < 1.29 is 18.0 Å². The molecule has 7 nitrogen and oxygen atoms in total. The van der Waals surface area contributed by atoms with Gasteiger partial charge in [0.1, 0.15) is 12.6 Å². The van der Waals surface area contributed by atoms with Crippen molar-refractivity contribution in [2.75, 3.05) is 10.8 Å². The summed E-state index contributed by atoms with van der Waals surface area (Å²) in [5.41, 5.74) is 0.642. The Morgan fingerprint density at radius 1 is 0.854 bits per heavy atom. The van der Waals surface area contributed by atoms with Crippen LogP contribution in [-0.4, -0.2) is 43.8 Å². The van der Waals surface area contributed by atoms with Crippen molar-refractivity contribution in [3.8, 4) is 0 Å². The number of carbonyl (C=O) groups is 2. The number of nitrogens with one attached hydrogen (secondary N) is 1. The fourth-order valence-electron chi connectivity index (χ4n) is 4.11. The van der Waals surface area contributed by atoms with E-state index in [4.69, 9.17) is 46.4 Å². The Hall–Kier alpha value is -2.49. The maximum Gasteiger partial charge on any atom is 0.264 e. The zero-order chi connectivity index (χ0) is 30.3. The van der Waals surface area contributed by atoms with Crippen LogP contribution in [0.3, 0.4) is 0 Å². The first kappa shape index (κ1) is 33.0. The summed E-state index contributed by atoms with van der Waals surface area (Å²) in [5.74, 6) is -0.980. The largest absolute Gasteiger partial charge is 0.352 e. The number of sulfonamides is 1. The van der Waals surface area contributed by atoms with E-state index in [1.54, 1.807) is 49.4 Å². The molecule has 41 heavy (non-hydrogen) atoms. The van der Waals surface area contributed by atoms with E-state index in [0.29, 0.717) is 17.0 Å². The van der Waals surface area contributed by atoms with E-state index in [9.17, 15) is 18.0 Å². The predicted molar refractivity (Wildman–Crippen MR) is 166 cm³/mol. The first-order valence-corrected chi connectivity index (χ1v) is 15.9. The van der Waals surface area contributed by atoms with Crippen molar-refractivity contribution >= 4 is 73.9 Å². The van der Waals surface area contributed by atoms with Gasteiger partial charge in [0.25, 0.3) is 10.0 Å². The van der Waals surface area contributed by atoms with Gasteiger partial charge in [-0.3, -0.25) is 13.9 Å². The Morgan fingerprint density at radius 2 is 1.54 bits per heavy atom. The van der Waals surface area contributed by atoms with Crippen LogP contribution >= 0.6 is 46.4 Å². The lowest BCUT2D eigenvalue weighted by atomic mass is 10.1. The van der Waals surface area contributed by atoms with Gasteiger partial charge in [-0.2, -0.15) is 0 Å². The SMILES string of the molecule is CC[C@H](C(=O)N[C@@H](C)CC)N(Cc1ccc(Cl)c(Cl)c1)C(=O)CN(c1cccc(Cl)c1Cl)S(=O)(=O)c1ccccc1. The zero-order valence-corrected chi connectivity index (χ0v) is 26.6. The molecule has 0 radical (unpaired) electrons. The first-order valence-electron chi connectivity index (χ1n) is 13.0. The van der Waals surface area contributed by atoms with Gasteiger partial charge >= 0.3 is 0 Å². The maximum absolute atomic E-state index is 14.1. The molecule has 1 N–H and O–H groups in total. The average Bonchev–Trinajstić information content (AvgIpc) is 2.95. The lowest BCUT2D eigenvalue weighted by Crippen LogP contribution is -2.53. The van der Waals surface area contributed by atoms with Crippen LogP contribution in [0, 0.1) is 0 Å². The van der Waals surface area contributed by atoms with E-state index in [-0.39, 0.29) is 50.6 Å². The van der Waals surface area contributed by atoms with Crippen LogP contribution in [0.25, 0.3) is 0 Å². The van der Waals surface area contributed by atoms with Crippen molar-refractivity contribution in [2.24, 2.45) is 0 Å². The Kier molecular flexibility index (Phi) is 11.8. The highest BCUT2D eigenvalue weighted by atomic mass is 35.5. The van der Waals surface area contributed by atoms with Crippen LogP contribution in [-0.2, 0) is 26.2 Å². The van der Waals surface area contributed by atoms with E-state index < -0.39 is 28.5 Å². The number of amides is 2. The number of hydrogen-bond acceptors (Lipinski definition) is 4. The first-order chi connectivity index (χ1) is 19.4. The highest BCUT2D eigenvalue weighted by Crippen LogP contribution is 2.35. The quantitative estimate of drug-likeness (QED) is 0.223. The minimum Gasteiger partial charge on any atom is -0.352 e. The molecule has 0 spiro atoms. The van der Waals surface area contributed by atoms with Gasteiger partial charge in [0.15, 0.2) is 0 Å². The Bertz CT molecular complexity index is 1490. The van der Waals surface area contributed by atoms with Gasteiger partial charge in [0.05, 0.1) is 30.7 Å². The molecule has 0 heterocycles. The molecule has 0 saturated carbocycles. The van der Waals surface area contributed by atoms with Crippen molar-refractivity contribution in [1.29, 1.82) is 0 Å². The average molecular weight is 659 g/mol. The van der Waals surface area contributed by atoms with Crippen molar-refractivity contribution in [3.05, 3.63) is 92.4 Å². The fraction of sp³-hybridized carbons (Fsp3) is 0.310. The summed E-state index contributed by atoms with van der Waals surface area (Å²) >= 11 is 25.0. The lowest BCUT2D eigenvalue weighted by molar-refractivity contribution is -0.140. The van der Waals surface area contributed by atoms with Gasteiger partial charge < -0.3 is 10.2 Å². The second kappa shape index (κ2) is 14.6. The van der Waals surface area contributed by atoms with Gasteiger partial charge in [0.2, 0.25) is 11.8 Å². The molecular weight excluding hydrogens is 628 g/mol. The molecule has 3 aromatic rings. The number of halogens is 4. The molecule has 0 aliphatic carbocycles. The standard InChI is InChI=1S/C29H31Cl4N3O4S/c1-4-19(3)34-29(38)25(5-2)35(17-20-14-15-22(30)24(32)16-20)27(37)18-36(26-13-9-12-23(31)28(26)33)41(39,40)21-10-7-6-8-11-21/h6-16,19,25H,4-5,17-18H2,1-3H3,(H,34,38)/t19-,25+/m0/s1. The summed E-state index contributed by atoms with van der Waals surface area (Å²) in [5, 5.41) is 3.65. The minimum absolute atomic E-state index is 0.0232. The Labute approximate surface area is 261 Å². The van der Waals surface area contributed by atoms with Crippen LogP contribution in [0.4, 0.5) is 5.69 Å². The van der Waals surface area contributed by atoms with Gasteiger partial charge in [-0.05, 0) is 61.7 Å². The number of hydrogen-bond donors (Lipinski definition) is 1. The number of anilines is 1. The third-order valence-electron chi connectivity index (χ3n) is 6.53. The van der Waals surface area contributed by atoms with Crippen molar-refractivity contribution in [1.82, 2.24) is 10.2 Å². The van der Waals surface area contributed by atoms with E-state index >= 15 is 0 Å². The molecule has 12 heteroatoms. The number of benzene rings is 3. The third-order valence-corrected chi connectivity index (χ3v) is 9.86. The number of carbonyl (C=O) groups excluding carboxylic acids is 2. The summed E-state index contributed by atoms with van der Waals surface area (Å²) in [6, 6.07) is 16.1. The number of rotatable bonds is 12. The highest BCUT2D eigenvalue weighted by molar-refractivity contribution is 7.92. The van der Waals surface area contributed by atoms with Crippen LogP contribution in [0.5, 0.6) is 0 Å². The van der Waals surface area contributed by atoms with E-state index in [0.717, 1.165) is 4.31 Å².